The molecule has 0 unspecified atom stereocenters. The highest BCUT2D eigenvalue weighted by Gasteiger charge is 2.13. The SMILES string of the molecule is CCCCN(CCCC)CC(=O)c1cccn1C. The number of carbonyl (C=O) groups excluding carboxylic acids is 1. The lowest BCUT2D eigenvalue weighted by Gasteiger charge is -2.21. The second kappa shape index (κ2) is 8.09. The van der Waals surface area contributed by atoms with Crippen LogP contribution in [-0.4, -0.2) is 34.9 Å². The number of nitrogens with zero attached hydrogens (tertiary/aromatic N) is 2. The molecule has 0 saturated heterocycles. The number of hydrogen-bond donors (Lipinski definition) is 0. The highest BCUT2D eigenvalue weighted by molar-refractivity contribution is 5.96. The molecule has 0 radical (unpaired) electrons. The summed E-state index contributed by atoms with van der Waals surface area (Å²) in [5.41, 5.74) is 0.813. The monoisotopic (exact) mass is 250 g/mol. The van der Waals surface area contributed by atoms with Crippen LogP contribution in [0.2, 0.25) is 0 Å². The highest BCUT2D eigenvalue weighted by atomic mass is 16.1. The lowest BCUT2D eigenvalue weighted by atomic mass is 10.2. The van der Waals surface area contributed by atoms with Gasteiger partial charge >= 0.3 is 0 Å². The summed E-state index contributed by atoms with van der Waals surface area (Å²) >= 11 is 0. The maximum absolute atomic E-state index is 12.2. The topological polar surface area (TPSA) is 25.2 Å². The number of hydrogen-bond acceptors (Lipinski definition) is 2. The van der Waals surface area contributed by atoms with Crippen molar-refractivity contribution < 1.29 is 4.79 Å². The number of ketones is 1. The van der Waals surface area contributed by atoms with E-state index in [-0.39, 0.29) is 5.78 Å². The quantitative estimate of drug-likeness (QED) is 0.629. The Morgan fingerprint density at radius 3 is 2.28 bits per heavy atom. The molecule has 1 heterocycles. The Morgan fingerprint density at radius 1 is 1.22 bits per heavy atom. The molecule has 3 nitrogen and oxygen atoms in total. The molecule has 1 aromatic heterocycles. The lowest BCUT2D eigenvalue weighted by molar-refractivity contribution is 0.0920. The van der Waals surface area contributed by atoms with Gasteiger partial charge in [-0.2, -0.15) is 0 Å². The summed E-state index contributed by atoms with van der Waals surface area (Å²) in [6.07, 6.45) is 6.63. The second-order valence-electron chi connectivity index (χ2n) is 4.91. The Morgan fingerprint density at radius 2 is 1.83 bits per heavy atom. The summed E-state index contributed by atoms with van der Waals surface area (Å²) in [7, 11) is 1.93. The Labute approximate surface area is 111 Å². The van der Waals surface area contributed by atoms with Gasteiger partial charge in [0.1, 0.15) is 0 Å². The molecule has 0 aliphatic heterocycles. The Bertz CT molecular complexity index is 349. The Hall–Kier alpha value is -1.09. The molecule has 0 amide bonds. The third-order valence-corrected chi connectivity index (χ3v) is 3.25. The third kappa shape index (κ3) is 4.65. The van der Waals surface area contributed by atoms with E-state index in [0.29, 0.717) is 6.54 Å². The van der Waals surface area contributed by atoms with E-state index >= 15 is 0 Å². The molecule has 0 aliphatic carbocycles. The molecule has 0 aliphatic rings. The summed E-state index contributed by atoms with van der Waals surface area (Å²) in [5.74, 6) is 0.231. The summed E-state index contributed by atoms with van der Waals surface area (Å²) < 4.78 is 1.90. The van der Waals surface area contributed by atoms with E-state index in [4.69, 9.17) is 0 Å². The maximum atomic E-state index is 12.2. The summed E-state index contributed by atoms with van der Waals surface area (Å²) in [6.45, 7) is 7.01. The molecular formula is C15H26N2O. The van der Waals surface area contributed by atoms with Crippen LogP contribution < -0.4 is 0 Å². The van der Waals surface area contributed by atoms with E-state index in [0.717, 1.165) is 18.8 Å². The first kappa shape index (κ1) is 15.0. The fourth-order valence-corrected chi connectivity index (χ4v) is 2.07. The first-order valence-electron chi connectivity index (χ1n) is 7.05. The molecule has 3 heteroatoms. The number of Topliss-reactive ketones (excluding diaryl/α,β-unsaturated/α-hetero) is 1. The molecule has 18 heavy (non-hydrogen) atoms. The maximum Gasteiger partial charge on any atom is 0.193 e. The van der Waals surface area contributed by atoms with Crippen LogP contribution in [0.1, 0.15) is 50.0 Å². The van der Waals surface area contributed by atoms with Gasteiger partial charge in [0.05, 0.1) is 12.2 Å². The second-order valence-corrected chi connectivity index (χ2v) is 4.91. The predicted molar refractivity (Wildman–Crippen MR) is 76.0 cm³/mol. The van der Waals surface area contributed by atoms with E-state index in [1.54, 1.807) is 0 Å². The number of unbranched alkanes of at least 4 members (excludes halogenated alkanes) is 2. The van der Waals surface area contributed by atoms with E-state index in [9.17, 15) is 4.79 Å². The van der Waals surface area contributed by atoms with Gasteiger partial charge in [0.15, 0.2) is 5.78 Å². The van der Waals surface area contributed by atoms with Crippen molar-refractivity contribution in [3.63, 3.8) is 0 Å². The van der Waals surface area contributed by atoms with Crippen molar-refractivity contribution in [2.24, 2.45) is 7.05 Å². The van der Waals surface area contributed by atoms with Crippen LogP contribution in [0.4, 0.5) is 0 Å². The van der Waals surface area contributed by atoms with Gasteiger partial charge in [0, 0.05) is 13.2 Å². The van der Waals surface area contributed by atoms with Crippen molar-refractivity contribution in [3.05, 3.63) is 24.0 Å². The van der Waals surface area contributed by atoms with Crippen LogP contribution in [0.15, 0.2) is 18.3 Å². The van der Waals surface area contributed by atoms with E-state index in [1.165, 1.54) is 25.7 Å². The van der Waals surface area contributed by atoms with Crippen LogP contribution in [-0.2, 0) is 7.05 Å². The molecule has 1 rings (SSSR count). The largest absolute Gasteiger partial charge is 0.348 e. The van der Waals surface area contributed by atoms with E-state index < -0.39 is 0 Å². The average molecular weight is 250 g/mol. The predicted octanol–water partition coefficient (Wildman–Crippen LogP) is 3.11. The van der Waals surface area contributed by atoms with Gasteiger partial charge in [-0.1, -0.05) is 26.7 Å². The standard InChI is InChI=1S/C15H26N2O/c1-4-6-11-17(12-7-5-2)13-15(18)14-9-8-10-16(14)3/h8-10H,4-7,11-13H2,1-3H3. The van der Waals surface area contributed by atoms with Crippen LogP contribution in [0, 0.1) is 0 Å². The zero-order valence-corrected chi connectivity index (χ0v) is 12.0. The molecule has 0 fully saturated rings. The smallest absolute Gasteiger partial charge is 0.193 e. The van der Waals surface area contributed by atoms with Gasteiger partial charge in [0.2, 0.25) is 0 Å². The summed E-state index contributed by atoms with van der Waals surface area (Å²) in [5, 5.41) is 0. The zero-order valence-electron chi connectivity index (χ0n) is 12.0. The fourth-order valence-electron chi connectivity index (χ4n) is 2.07. The molecule has 0 spiro atoms. The van der Waals surface area contributed by atoms with Crippen molar-refractivity contribution in [2.45, 2.75) is 39.5 Å². The van der Waals surface area contributed by atoms with E-state index in [1.807, 2.05) is 29.9 Å². The Kier molecular flexibility index (Phi) is 6.73. The minimum atomic E-state index is 0.231. The number of rotatable bonds is 9. The van der Waals surface area contributed by atoms with Crippen LogP contribution in [0.3, 0.4) is 0 Å². The third-order valence-electron chi connectivity index (χ3n) is 3.25. The molecule has 102 valence electrons. The zero-order chi connectivity index (χ0) is 13.4. The van der Waals surface area contributed by atoms with Crippen molar-refractivity contribution in [1.29, 1.82) is 0 Å². The molecule has 0 atom stereocenters. The molecular weight excluding hydrogens is 224 g/mol. The van der Waals surface area contributed by atoms with Crippen LogP contribution in [0.5, 0.6) is 0 Å². The van der Waals surface area contributed by atoms with Gasteiger partial charge in [-0.3, -0.25) is 9.69 Å². The minimum Gasteiger partial charge on any atom is -0.348 e. The van der Waals surface area contributed by atoms with Gasteiger partial charge in [-0.05, 0) is 38.1 Å². The summed E-state index contributed by atoms with van der Waals surface area (Å²) in [6, 6.07) is 3.83. The molecule has 0 bridgehead atoms. The average Bonchev–Trinajstić information content (AvgIpc) is 2.78. The van der Waals surface area contributed by atoms with E-state index in [2.05, 4.69) is 18.7 Å². The van der Waals surface area contributed by atoms with Crippen LogP contribution in [0.25, 0.3) is 0 Å². The first-order valence-corrected chi connectivity index (χ1v) is 7.05. The van der Waals surface area contributed by atoms with Crippen molar-refractivity contribution >= 4 is 5.78 Å². The molecule has 0 aromatic carbocycles. The summed E-state index contributed by atoms with van der Waals surface area (Å²) in [4.78, 5) is 14.5. The molecule has 0 N–H and O–H groups in total. The lowest BCUT2D eigenvalue weighted by Crippen LogP contribution is -2.32. The molecule has 1 aromatic rings. The van der Waals surface area contributed by atoms with Crippen LogP contribution >= 0.6 is 0 Å². The number of carbonyl (C=O) groups is 1. The normalized spacial score (nSPS) is 11.1. The highest BCUT2D eigenvalue weighted by Crippen LogP contribution is 2.05. The Balaban J connectivity index is 2.53. The molecule has 0 saturated carbocycles. The number of aryl methyl sites for hydroxylation is 1. The minimum absolute atomic E-state index is 0.231. The van der Waals surface area contributed by atoms with Crippen molar-refractivity contribution in [1.82, 2.24) is 9.47 Å². The fraction of sp³-hybridized carbons (Fsp3) is 0.667. The van der Waals surface area contributed by atoms with Crippen molar-refractivity contribution in [3.8, 4) is 0 Å². The first-order chi connectivity index (χ1) is 8.69. The van der Waals surface area contributed by atoms with Gasteiger partial charge in [-0.15, -0.1) is 0 Å². The van der Waals surface area contributed by atoms with Crippen molar-refractivity contribution in [2.75, 3.05) is 19.6 Å². The van der Waals surface area contributed by atoms with Gasteiger partial charge < -0.3 is 4.57 Å². The van der Waals surface area contributed by atoms with Gasteiger partial charge in [-0.25, -0.2) is 0 Å². The number of aromatic nitrogens is 1. The van der Waals surface area contributed by atoms with Gasteiger partial charge in [0.25, 0.3) is 0 Å².